The summed E-state index contributed by atoms with van der Waals surface area (Å²) in [4.78, 5) is 0.202. The predicted molar refractivity (Wildman–Crippen MR) is 106 cm³/mol. The smallest absolute Gasteiger partial charge is 0.184 e. The van der Waals surface area contributed by atoms with Crippen LogP contribution in [-0.2, 0) is 19.7 Å². The van der Waals surface area contributed by atoms with E-state index in [1.807, 2.05) is 6.92 Å². The molecule has 0 aromatic heterocycles. The van der Waals surface area contributed by atoms with E-state index in [4.69, 9.17) is 5.73 Å². The maximum atomic E-state index is 13.4. The molecular formula is C20H23NO4S2. The summed E-state index contributed by atoms with van der Waals surface area (Å²) in [5.74, 6) is -0.432. The first-order valence-corrected chi connectivity index (χ1v) is 11.9. The largest absolute Gasteiger partial charge is 0.323 e. The highest BCUT2D eigenvalue weighted by atomic mass is 32.2. The van der Waals surface area contributed by atoms with Crippen LogP contribution in [0.4, 0.5) is 0 Å². The Morgan fingerprint density at radius 3 is 1.63 bits per heavy atom. The van der Waals surface area contributed by atoms with Gasteiger partial charge in [-0.1, -0.05) is 55.5 Å². The number of allylic oxidation sites excluding steroid dienone is 1. The van der Waals surface area contributed by atoms with Gasteiger partial charge < -0.3 is 5.73 Å². The van der Waals surface area contributed by atoms with Crippen molar-refractivity contribution in [3.63, 3.8) is 0 Å². The van der Waals surface area contributed by atoms with Crippen LogP contribution in [0.1, 0.15) is 13.3 Å². The van der Waals surface area contributed by atoms with Crippen molar-refractivity contribution in [2.45, 2.75) is 39.7 Å². The number of benzene rings is 2. The Morgan fingerprint density at radius 1 is 0.741 bits per heavy atom. The van der Waals surface area contributed by atoms with Crippen molar-refractivity contribution in [3.8, 4) is 0 Å². The van der Waals surface area contributed by atoms with Crippen LogP contribution in [0, 0.1) is 5.92 Å². The number of hydrogen-bond donors (Lipinski definition) is 1. The fraction of sp³-hybridized carbons (Fsp3) is 0.300. The lowest BCUT2D eigenvalue weighted by Crippen LogP contribution is -2.55. The van der Waals surface area contributed by atoms with Crippen molar-refractivity contribution in [1.29, 1.82) is 0 Å². The normalized spacial score (nSPS) is 26.0. The van der Waals surface area contributed by atoms with Crippen molar-refractivity contribution in [3.05, 3.63) is 72.8 Å². The Hall–Kier alpha value is -1.96. The highest BCUT2D eigenvalue weighted by molar-refractivity contribution is 7.96. The van der Waals surface area contributed by atoms with Gasteiger partial charge in [0.2, 0.25) is 0 Å². The number of sulfone groups is 2. The summed E-state index contributed by atoms with van der Waals surface area (Å²) < 4.78 is 53.6. The SMILES string of the molecule is CC[C@@H]1C=C[C@@H](N)[C@H](S(=O)(=O)c2ccccc2)[C@H]1S(=O)(=O)c1ccccc1. The van der Waals surface area contributed by atoms with Gasteiger partial charge in [-0.3, -0.25) is 0 Å². The molecular weight excluding hydrogens is 382 g/mol. The molecule has 0 saturated carbocycles. The molecule has 0 aliphatic heterocycles. The average molecular weight is 406 g/mol. The lowest BCUT2D eigenvalue weighted by Gasteiger charge is -2.37. The fourth-order valence-electron chi connectivity index (χ4n) is 3.65. The third-order valence-electron chi connectivity index (χ3n) is 5.04. The number of nitrogens with two attached hydrogens (primary N) is 1. The summed E-state index contributed by atoms with van der Waals surface area (Å²) >= 11 is 0. The van der Waals surface area contributed by atoms with Crippen LogP contribution < -0.4 is 5.73 Å². The summed E-state index contributed by atoms with van der Waals surface area (Å²) in [7, 11) is -7.86. The average Bonchev–Trinajstić information content (AvgIpc) is 2.69. The first kappa shape index (κ1) is 19.8. The van der Waals surface area contributed by atoms with Crippen LogP contribution in [0.2, 0.25) is 0 Å². The molecule has 0 bridgehead atoms. The van der Waals surface area contributed by atoms with Gasteiger partial charge in [-0.15, -0.1) is 0 Å². The molecule has 1 aliphatic carbocycles. The summed E-state index contributed by atoms with van der Waals surface area (Å²) in [5, 5.41) is -2.39. The molecule has 0 unspecified atom stereocenters. The topological polar surface area (TPSA) is 94.3 Å². The molecule has 4 atom stereocenters. The molecule has 0 spiro atoms. The molecule has 0 fully saturated rings. The molecule has 5 nitrogen and oxygen atoms in total. The molecule has 0 heterocycles. The lowest BCUT2D eigenvalue weighted by atomic mass is 9.90. The molecule has 0 saturated heterocycles. The van der Waals surface area contributed by atoms with E-state index < -0.39 is 42.1 Å². The maximum Gasteiger partial charge on any atom is 0.184 e. The van der Waals surface area contributed by atoms with Gasteiger partial charge in [0.15, 0.2) is 19.7 Å². The molecule has 144 valence electrons. The fourth-order valence-corrected chi connectivity index (χ4v) is 8.56. The van der Waals surface area contributed by atoms with Crippen LogP contribution in [0.15, 0.2) is 82.6 Å². The highest BCUT2D eigenvalue weighted by Gasteiger charge is 2.50. The molecule has 2 aromatic rings. The van der Waals surface area contributed by atoms with Crippen molar-refractivity contribution in [2.24, 2.45) is 11.7 Å². The lowest BCUT2D eigenvalue weighted by molar-refractivity contribution is 0.463. The first-order chi connectivity index (χ1) is 12.8. The molecule has 0 amide bonds. The molecule has 3 rings (SSSR count). The second kappa shape index (κ2) is 7.58. The highest BCUT2D eigenvalue weighted by Crippen LogP contribution is 2.36. The third-order valence-corrected chi connectivity index (χ3v) is 9.75. The van der Waals surface area contributed by atoms with Gasteiger partial charge in [-0.05, 0) is 36.6 Å². The molecule has 2 N–H and O–H groups in total. The van der Waals surface area contributed by atoms with E-state index in [1.165, 1.54) is 24.3 Å². The zero-order valence-electron chi connectivity index (χ0n) is 15.0. The minimum atomic E-state index is -3.95. The predicted octanol–water partition coefficient (Wildman–Crippen LogP) is 2.59. The standard InChI is InChI=1S/C20H23NO4S2/c1-2-15-13-14-18(21)20(27(24,25)17-11-7-4-8-12-17)19(15)26(22,23)16-9-5-3-6-10-16/h3-15,18-20H,2,21H2,1H3/t15-,18-,19+,20+/m1/s1. The summed E-state index contributed by atoms with van der Waals surface area (Å²) in [6.45, 7) is 1.85. The van der Waals surface area contributed by atoms with E-state index in [0.29, 0.717) is 6.42 Å². The van der Waals surface area contributed by atoms with E-state index in [-0.39, 0.29) is 9.79 Å². The van der Waals surface area contributed by atoms with Gasteiger partial charge in [0, 0.05) is 6.04 Å². The number of hydrogen-bond acceptors (Lipinski definition) is 5. The monoisotopic (exact) mass is 405 g/mol. The van der Waals surface area contributed by atoms with E-state index in [0.717, 1.165) is 0 Å². The van der Waals surface area contributed by atoms with E-state index >= 15 is 0 Å². The van der Waals surface area contributed by atoms with Crippen molar-refractivity contribution >= 4 is 19.7 Å². The molecule has 27 heavy (non-hydrogen) atoms. The van der Waals surface area contributed by atoms with Crippen molar-refractivity contribution < 1.29 is 16.8 Å². The zero-order chi connectivity index (χ0) is 19.7. The van der Waals surface area contributed by atoms with Crippen molar-refractivity contribution in [2.75, 3.05) is 0 Å². The third kappa shape index (κ3) is 3.59. The minimum Gasteiger partial charge on any atom is -0.323 e. The van der Waals surface area contributed by atoms with Gasteiger partial charge in [0.1, 0.15) is 5.25 Å². The van der Waals surface area contributed by atoms with E-state index in [9.17, 15) is 16.8 Å². The van der Waals surface area contributed by atoms with Gasteiger partial charge in [0.25, 0.3) is 0 Å². The number of rotatable bonds is 5. The van der Waals surface area contributed by atoms with Crippen molar-refractivity contribution in [1.82, 2.24) is 0 Å². The summed E-state index contributed by atoms with van der Waals surface area (Å²) in [6, 6.07) is 15.0. The Bertz CT molecular complexity index is 1020. The molecule has 0 radical (unpaired) electrons. The summed E-state index contributed by atoms with van der Waals surface area (Å²) in [6.07, 6.45) is 3.87. The second-order valence-electron chi connectivity index (χ2n) is 6.68. The maximum absolute atomic E-state index is 13.4. The molecule has 2 aromatic carbocycles. The van der Waals surface area contributed by atoms with E-state index in [2.05, 4.69) is 0 Å². The van der Waals surface area contributed by atoms with Crippen LogP contribution >= 0.6 is 0 Å². The molecule has 7 heteroatoms. The Morgan fingerprint density at radius 2 is 1.19 bits per heavy atom. The first-order valence-electron chi connectivity index (χ1n) is 8.82. The summed E-state index contributed by atoms with van der Waals surface area (Å²) in [5.41, 5.74) is 6.15. The zero-order valence-corrected chi connectivity index (χ0v) is 16.6. The Balaban J connectivity index is 2.20. The Kier molecular flexibility index (Phi) is 5.55. The van der Waals surface area contributed by atoms with E-state index in [1.54, 1.807) is 48.6 Å². The minimum absolute atomic E-state index is 0.0869. The van der Waals surface area contributed by atoms with Crippen LogP contribution in [0.3, 0.4) is 0 Å². The van der Waals surface area contributed by atoms with Gasteiger partial charge in [-0.2, -0.15) is 0 Å². The van der Waals surface area contributed by atoms with Crippen LogP contribution in [-0.4, -0.2) is 33.4 Å². The van der Waals surface area contributed by atoms with Gasteiger partial charge in [0.05, 0.1) is 15.0 Å². The second-order valence-corrected chi connectivity index (χ2v) is 10.9. The quantitative estimate of drug-likeness (QED) is 0.772. The van der Waals surface area contributed by atoms with Crippen LogP contribution in [0.25, 0.3) is 0 Å². The molecule has 1 aliphatic rings. The Labute approximate surface area is 160 Å². The van der Waals surface area contributed by atoms with Gasteiger partial charge >= 0.3 is 0 Å². The van der Waals surface area contributed by atoms with Crippen LogP contribution in [0.5, 0.6) is 0 Å². The van der Waals surface area contributed by atoms with Gasteiger partial charge in [-0.25, -0.2) is 16.8 Å².